The van der Waals surface area contributed by atoms with Gasteiger partial charge in [0.25, 0.3) is 0 Å². The van der Waals surface area contributed by atoms with Gasteiger partial charge < -0.3 is 15.5 Å². The molecule has 0 unspecified atom stereocenters. The lowest BCUT2D eigenvalue weighted by Crippen LogP contribution is -2.19. The Balaban J connectivity index is 2.35. The fourth-order valence-electron chi connectivity index (χ4n) is 2.10. The van der Waals surface area contributed by atoms with E-state index in [1.54, 1.807) is 0 Å². The predicted molar refractivity (Wildman–Crippen MR) is 75.3 cm³/mol. The molecular weight excluding hydrogens is 230 g/mol. The number of aromatic nitrogens is 1. The first kappa shape index (κ1) is 10.1. The lowest BCUT2D eigenvalue weighted by atomic mass is 10.1. The molecule has 2 heterocycles. The summed E-state index contributed by atoms with van der Waals surface area (Å²) in [5.41, 5.74) is 8.76. The van der Waals surface area contributed by atoms with Crippen molar-refractivity contribution >= 4 is 39.4 Å². The zero-order valence-corrected chi connectivity index (χ0v) is 9.87. The second-order valence-corrected chi connectivity index (χ2v) is 4.30. The lowest BCUT2D eigenvalue weighted by Gasteiger charge is -2.09. The molecule has 0 fully saturated rings. The Morgan fingerprint density at radius 1 is 1.12 bits per heavy atom. The third-order valence-corrected chi connectivity index (χ3v) is 2.90. The standard InChI is InChI=1S/C13H11N3S/c14-13(17)15-11-4-1-5-12-10(11)7-6-9-3-2-8-16(9)12/h1-8H,(H3,14,15,17). The number of benzene rings is 1. The molecule has 17 heavy (non-hydrogen) atoms. The Morgan fingerprint density at radius 2 is 2.00 bits per heavy atom. The average molecular weight is 241 g/mol. The summed E-state index contributed by atoms with van der Waals surface area (Å²) in [5.74, 6) is 0. The topological polar surface area (TPSA) is 42.5 Å². The molecule has 4 heteroatoms. The van der Waals surface area contributed by atoms with Crippen molar-refractivity contribution in [3.63, 3.8) is 0 Å². The van der Waals surface area contributed by atoms with Crippen LogP contribution in [0.1, 0.15) is 0 Å². The van der Waals surface area contributed by atoms with Crippen molar-refractivity contribution in [3.05, 3.63) is 48.7 Å². The minimum atomic E-state index is 0.283. The molecule has 3 N–H and O–H groups in total. The number of thiocarbonyl (C=S) groups is 1. The van der Waals surface area contributed by atoms with Crippen molar-refractivity contribution in [3.8, 4) is 0 Å². The predicted octanol–water partition coefficient (Wildman–Crippen LogP) is 2.75. The zero-order chi connectivity index (χ0) is 11.8. The summed E-state index contributed by atoms with van der Waals surface area (Å²) in [6.07, 6.45) is 2.04. The SMILES string of the molecule is NC(=S)Nc1cccc2c1ccc1cccn12. The van der Waals surface area contributed by atoms with Crippen LogP contribution in [0.2, 0.25) is 0 Å². The smallest absolute Gasteiger partial charge is 0.168 e. The van der Waals surface area contributed by atoms with Crippen molar-refractivity contribution in [2.75, 3.05) is 5.32 Å². The number of nitrogens with zero attached hydrogens (tertiary/aromatic N) is 1. The maximum atomic E-state index is 5.52. The summed E-state index contributed by atoms with van der Waals surface area (Å²) >= 11 is 4.88. The molecule has 0 aliphatic carbocycles. The first-order chi connectivity index (χ1) is 8.25. The molecule has 2 aromatic heterocycles. The van der Waals surface area contributed by atoms with Gasteiger partial charge in [-0.15, -0.1) is 0 Å². The Morgan fingerprint density at radius 3 is 2.82 bits per heavy atom. The summed E-state index contributed by atoms with van der Waals surface area (Å²) in [5, 5.41) is 4.38. The van der Waals surface area contributed by atoms with Crippen LogP contribution in [0.4, 0.5) is 5.69 Å². The van der Waals surface area contributed by atoms with Gasteiger partial charge in [-0.05, 0) is 48.6 Å². The van der Waals surface area contributed by atoms with Gasteiger partial charge in [-0.1, -0.05) is 6.07 Å². The Labute approximate surface area is 104 Å². The zero-order valence-electron chi connectivity index (χ0n) is 9.05. The normalized spacial score (nSPS) is 10.8. The van der Waals surface area contributed by atoms with Crippen LogP contribution in [0.3, 0.4) is 0 Å². The highest BCUT2D eigenvalue weighted by Crippen LogP contribution is 2.24. The lowest BCUT2D eigenvalue weighted by molar-refractivity contribution is 1.27. The number of pyridine rings is 1. The average Bonchev–Trinajstić information content (AvgIpc) is 2.76. The first-order valence-corrected chi connectivity index (χ1v) is 5.72. The van der Waals surface area contributed by atoms with E-state index < -0.39 is 0 Å². The molecule has 3 aromatic rings. The molecule has 0 aliphatic heterocycles. The molecule has 3 rings (SSSR count). The van der Waals surface area contributed by atoms with Gasteiger partial charge >= 0.3 is 0 Å². The molecule has 0 saturated heterocycles. The Hall–Kier alpha value is -2.07. The highest BCUT2D eigenvalue weighted by atomic mass is 32.1. The summed E-state index contributed by atoms with van der Waals surface area (Å²) < 4.78 is 2.14. The summed E-state index contributed by atoms with van der Waals surface area (Å²) in [6.45, 7) is 0. The molecule has 0 spiro atoms. The molecule has 1 aromatic carbocycles. The molecule has 0 bridgehead atoms. The van der Waals surface area contributed by atoms with Gasteiger partial charge in [0, 0.05) is 22.8 Å². The van der Waals surface area contributed by atoms with E-state index in [9.17, 15) is 0 Å². The third-order valence-electron chi connectivity index (χ3n) is 2.80. The maximum Gasteiger partial charge on any atom is 0.168 e. The maximum absolute atomic E-state index is 5.52. The van der Waals surface area contributed by atoms with E-state index in [-0.39, 0.29) is 5.11 Å². The van der Waals surface area contributed by atoms with Crippen LogP contribution in [0.25, 0.3) is 16.4 Å². The summed E-state index contributed by atoms with van der Waals surface area (Å²) in [7, 11) is 0. The minimum Gasteiger partial charge on any atom is -0.376 e. The van der Waals surface area contributed by atoms with E-state index >= 15 is 0 Å². The van der Waals surface area contributed by atoms with Crippen molar-refractivity contribution < 1.29 is 0 Å². The van der Waals surface area contributed by atoms with Crippen LogP contribution in [0.5, 0.6) is 0 Å². The van der Waals surface area contributed by atoms with Crippen LogP contribution in [0.15, 0.2) is 48.7 Å². The van der Waals surface area contributed by atoms with E-state index in [2.05, 4.69) is 34.0 Å². The second-order valence-electron chi connectivity index (χ2n) is 3.86. The molecule has 0 aliphatic rings. The van der Waals surface area contributed by atoms with Gasteiger partial charge in [-0.3, -0.25) is 0 Å². The van der Waals surface area contributed by atoms with Crippen LogP contribution < -0.4 is 11.1 Å². The molecule has 3 nitrogen and oxygen atoms in total. The summed E-state index contributed by atoms with van der Waals surface area (Å²) in [4.78, 5) is 0. The fourth-order valence-corrected chi connectivity index (χ4v) is 2.21. The van der Waals surface area contributed by atoms with Crippen molar-refractivity contribution in [1.29, 1.82) is 0 Å². The number of hydrogen-bond donors (Lipinski definition) is 2. The fraction of sp³-hybridized carbons (Fsp3) is 0. The van der Waals surface area contributed by atoms with Gasteiger partial charge in [0.05, 0.1) is 5.52 Å². The highest BCUT2D eigenvalue weighted by Gasteiger charge is 2.04. The van der Waals surface area contributed by atoms with Crippen LogP contribution in [-0.4, -0.2) is 9.51 Å². The van der Waals surface area contributed by atoms with Crippen LogP contribution in [-0.2, 0) is 0 Å². The number of nitrogens with two attached hydrogens (primary N) is 1. The summed E-state index contributed by atoms with van der Waals surface area (Å²) in [6, 6.07) is 14.3. The molecular formula is C13H11N3S. The van der Waals surface area contributed by atoms with Gasteiger partial charge in [-0.2, -0.15) is 0 Å². The van der Waals surface area contributed by atoms with Crippen LogP contribution in [0, 0.1) is 0 Å². The number of hydrogen-bond acceptors (Lipinski definition) is 1. The number of rotatable bonds is 1. The van der Waals surface area contributed by atoms with E-state index in [0.29, 0.717) is 0 Å². The highest BCUT2D eigenvalue weighted by molar-refractivity contribution is 7.80. The Bertz CT molecular complexity index is 715. The van der Waals surface area contributed by atoms with Crippen molar-refractivity contribution in [2.24, 2.45) is 5.73 Å². The van der Waals surface area contributed by atoms with Crippen molar-refractivity contribution in [2.45, 2.75) is 0 Å². The van der Waals surface area contributed by atoms with E-state index in [4.69, 9.17) is 18.0 Å². The quantitative estimate of drug-likeness (QED) is 0.644. The van der Waals surface area contributed by atoms with Gasteiger partial charge in [-0.25, -0.2) is 0 Å². The number of fused-ring (bicyclic) bond motifs is 3. The van der Waals surface area contributed by atoms with Gasteiger partial charge in [0.2, 0.25) is 0 Å². The number of anilines is 1. The van der Waals surface area contributed by atoms with E-state index in [0.717, 1.165) is 16.6 Å². The number of nitrogens with one attached hydrogen (secondary N) is 1. The molecule has 84 valence electrons. The minimum absolute atomic E-state index is 0.283. The van der Waals surface area contributed by atoms with Gasteiger partial charge in [0.15, 0.2) is 5.11 Å². The largest absolute Gasteiger partial charge is 0.376 e. The molecule has 0 radical (unpaired) electrons. The Kier molecular flexibility index (Phi) is 2.23. The third kappa shape index (κ3) is 1.62. The van der Waals surface area contributed by atoms with Crippen LogP contribution >= 0.6 is 12.2 Å². The second kappa shape index (κ2) is 3.75. The van der Waals surface area contributed by atoms with Gasteiger partial charge in [0.1, 0.15) is 0 Å². The van der Waals surface area contributed by atoms with E-state index in [1.165, 1.54) is 5.52 Å². The molecule has 0 amide bonds. The van der Waals surface area contributed by atoms with Crippen molar-refractivity contribution in [1.82, 2.24) is 4.40 Å². The molecule has 0 saturated carbocycles. The molecule has 0 atom stereocenters. The first-order valence-electron chi connectivity index (χ1n) is 5.31. The van der Waals surface area contributed by atoms with E-state index in [1.807, 2.05) is 24.4 Å². The monoisotopic (exact) mass is 241 g/mol.